The highest BCUT2D eigenvalue weighted by atomic mass is 16.5. The van der Waals surface area contributed by atoms with Crippen molar-refractivity contribution < 1.29 is 14.6 Å². The molecule has 0 heterocycles. The van der Waals surface area contributed by atoms with Gasteiger partial charge in [0.1, 0.15) is 0 Å². The van der Waals surface area contributed by atoms with Crippen LogP contribution in [0.5, 0.6) is 0 Å². The molecule has 3 rings (SSSR count). The number of aliphatic hydroxyl groups is 1. The molecule has 0 unspecified atom stereocenters. The van der Waals surface area contributed by atoms with Gasteiger partial charge in [-0.25, -0.2) is 0 Å². The van der Waals surface area contributed by atoms with Crippen molar-refractivity contribution in [2.75, 3.05) is 26.4 Å². The normalized spacial score (nSPS) is 28.1. The Morgan fingerprint density at radius 2 is 2.12 bits per heavy atom. The van der Waals surface area contributed by atoms with Crippen molar-refractivity contribution in [3.63, 3.8) is 0 Å². The molecule has 144 valence electrons. The lowest BCUT2D eigenvalue weighted by Gasteiger charge is -2.26. The second-order valence-corrected chi connectivity index (χ2v) is 7.91. The Balaban J connectivity index is 1.49. The van der Waals surface area contributed by atoms with Crippen LogP contribution in [0.15, 0.2) is 30.9 Å². The summed E-state index contributed by atoms with van der Waals surface area (Å²) in [6, 6.07) is 6.90. The molecule has 0 aromatic heterocycles. The summed E-state index contributed by atoms with van der Waals surface area (Å²) in [4.78, 5) is 0. The lowest BCUT2D eigenvalue weighted by atomic mass is 9.85. The van der Waals surface area contributed by atoms with E-state index in [9.17, 15) is 5.11 Å². The van der Waals surface area contributed by atoms with Gasteiger partial charge in [0, 0.05) is 5.54 Å². The van der Waals surface area contributed by atoms with Gasteiger partial charge in [0.25, 0.3) is 0 Å². The molecule has 4 nitrogen and oxygen atoms in total. The molecular weight excluding hydrogens is 326 g/mol. The first-order valence-electron chi connectivity index (χ1n) is 9.95. The van der Waals surface area contributed by atoms with Gasteiger partial charge in [-0.1, -0.05) is 24.3 Å². The first-order valence-corrected chi connectivity index (χ1v) is 9.95. The van der Waals surface area contributed by atoms with E-state index in [2.05, 4.69) is 24.8 Å². The maximum Gasteiger partial charge on any atom is 0.0704 e. The summed E-state index contributed by atoms with van der Waals surface area (Å²) < 4.78 is 11.5. The average Bonchev–Trinajstić information content (AvgIpc) is 3.07. The van der Waals surface area contributed by atoms with Crippen LogP contribution >= 0.6 is 0 Å². The molecule has 4 heteroatoms. The number of aryl methyl sites for hydroxylation is 1. The lowest BCUT2D eigenvalue weighted by molar-refractivity contribution is 0.000427. The van der Waals surface area contributed by atoms with Crippen LogP contribution in [0.1, 0.15) is 54.7 Å². The average molecular weight is 360 g/mol. The van der Waals surface area contributed by atoms with Crippen molar-refractivity contribution in [3.05, 3.63) is 47.5 Å². The Morgan fingerprint density at radius 3 is 2.88 bits per heavy atom. The van der Waals surface area contributed by atoms with E-state index in [-0.39, 0.29) is 12.1 Å². The summed E-state index contributed by atoms with van der Waals surface area (Å²) >= 11 is 0. The number of hydrogen-bond acceptors (Lipinski definition) is 4. The minimum absolute atomic E-state index is 0.0881. The molecule has 3 atom stereocenters. The SMILES string of the molecule is C=CCCOCCO[C@H]1CCc2cc([C@H]3CC[C@](N)(CO)C3)ccc2C1. The highest BCUT2D eigenvalue weighted by Crippen LogP contribution is 2.40. The van der Waals surface area contributed by atoms with Gasteiger partial charge in [-0.15, -0.1) is 6.58 Å². The topological polar surface area (TPSA) is 64.7 Å². The van der Waals surface area contributed by atoms with Gasteiger partial charge < -0.3 is 20.3 Å². The minimum Gasteiger partial charge on any atom is -0.394 e. The van der Waals surface area contributed by atoms with Gasteiger partial charge in [-0.3, -0.25) is 0 Å². The number of ether oxygens (including phenoxy) is 2. The molecule has 0 radical (unpaired) electrons. The van der Waals surface area contributed by atoms with E-state index in [0.29, 0.717) is 25.2 Å². The minimum atomic E-state index is -0.382. The fourth-order valence-electron chi connectivity index (χ4n) is 4.26. The number of nitrogens with two attached hydrogens (primary N) is 1. The van der Waals surface area contributed by atoms with E-state index in [4.69, 9.17) is 15.2 Å². The fourth-order valence-corrected chi connectivity index (χ4v) is 4.26. The number of benzene rings is 1. The van der Waals surface area contributed by atoms with Gasteiger partial charge in [0.15, 0.2) is 0 Å². The second kappa shape index (κ2) is 9.14. The van der Waals surface area contributed by atoms with Crippen molar-refractivity contribution in [1.29, 1.82) is 0 Å². The summed E-state index contributed by atoms with van der Waals surface area (Å²) in [7, 11) is 0. The highest BCUT2D eigenvalue weighted by Gasteiger charge is 2.36. The molecule has 1 aromatic carbocycles. The summed E-state index contributed by atoms with van der Waals surface area (Å²) in [5, 5.41) is 9.49. The van der Waals surface area contributed by atoms with Gasteiger partial charge in [-0.2, -0.15) is 0 Å². The molecule has 0 aliphatic heterocycles. The summed E-state index contributed by atoms with van der Waals surface area (Å²) in [6.45, 7) is 5.82. The molecule has 0 spiro atoms. The van der Waals surface area contributed by atoms with Gasteiger partial charge in [-0.05, 0) is 67.6 Å². The first-order chi connectivity index (χ1) is 12.6. The van der Waals surface area contributed by atoms with Crippen LogP contribution in [0, 0.1) is 0 Å². The Bertz CT molecular complexity index is 603. The molecule has 0 bridgehead atoms. The van der Waals surface area contributed by atoms with Crippen LogP contribution in [0.3, 0.4) is 0 Å². The number of fused-ring (bicyclic) bond motifs is 1. The van der Waals surface area contributed by atoms with Crippen LogP contribution in [-0.2, 0) is 22.3 Å². The van der Waals surface area contributed by atoms with Crippen molar-refractivity contribution >= 4 is 0 Å². The number of rotatable bonds is 9. The van der Waals surface area contributed by atoms with E-state index in [1.165, 1.54) is 16.7 Å². The molecule has 3 N–H and O–H groups in total. The van der Waals surface area contributed by atoms with E-state index in [0.717, 1.165) is 51.6 Å². The Kier molecular flexibility index (Phi) is 6.87. The molecule has 26 heavy (non-hydrogen) atoms. The monoisotopic (exact) mass is 359 g/mol. The van der Waals surface area contributed by atoms with Crippen molar-refractivity contribution in [2.45, 2.75) is 62.5 Å². The quantitative estimate of drug-likeness (QED) is 0.525. The Hall–Kier alpha value is -1.20. The molecule has 0 amide bonds. The maximum atomic E-state index is 9.49. The van der Waals surface area contributed by atoms with E-state index < -0.39 is 0 Å². The van der Waals surface area contributed by atoms with E-state index in [1.807, 2.05) is 6.08 Å². The first kappa shape index (κ1) is 19.6. The van der Waals surface area contributed by atoms with Gasteiger partial charge in [0.2, 0.25) is 0 Å². The number of aliphatic hydroxyl groups excluding tert-OH is 1. The lowest BCUT2D eigenvalue weighted by Crippen LogP contribution is -2.40. The van der Waals surface area contributed by atoms with E-state index >= 15 is 0 Å². The number of hydrogen-bond donors (Lipinski definition) is 2. The Labute approximate surface area is 157 Å². The second-order valence-electron chi connectivity index (χ2n) is 7.91. The molecular formula is C22H33NO3. The van der Waals surface area contributed by atoms with Crippen molar-refractivity contribution in [3.8, 4) is 0 Å². The third kappa shape index (κ3) is 4.95. The van der Waals surface area contributed by atoms with Crippen molar-refractivity contribution in [1.82, 2.24) is 0 Å². The van der Waals surface area contributed by atoms with Crippen LogP contribution in [0.2, 0.25) is 0 Å². The molecule has 0 saturated heterocycles. The zero-order valence-corrected chi connectivity index (χ0v) is 15.8. The molecule has 1 saturated carbocycles. The molecule has 1 aromatic rings. The predicted octanol–water partition coefficient (Wildman–Crippen LogP) is 3.11. The zero-order valence-electron chi connectivity index (χ0n) is 15.8. The van der Waals surface area contributed by atoms with Crippen molar-refractivity contribution in [2.24, 2.45) is 5.73 Å². The Morgan fingerprint density at radius 1 is 1.23 bits per heavy atom. The van der Waals surface area contributed by atoms with E-state index in [1.54, 1.807) is 0 Å². The molecule has 2 aliphatic carbocycles. The fraction of sp³-hybridized carbons (Fsp3) is 0.636. The summed E-state index contributed by atoms with van der Waals surface area (Å²) in [6.07, 6.45) is 9.08. The van der Waals surface area contributed by atoms with Gasteiger partial charge >= 0.3 is 0 Å². The summed E-state index contributed by atoms with van der Waals surface area (Å²) in [5.74, 6) is 0.485. The zero-order chi connectivity index (χ0) is 18.4. The summed E-state index contributed by atoms with van der Waals surface area (Å²) in [5.41, 5.74) is 10.1. The van der Waals surface area contributed by atoms with Crippen LogP contribution in [-0.4, -0.2) is 43.2 Å². The standard InChI is InChI=1S/C22H33NO3/c1-2-3-10-25-11-12-26-21-7-6-17-13-18(4-5-19(17)14-21)20-8-9-22(23,15-20)16-24/h2,4-5,13,20-21,24H,1,3,6-12,14-16,23H2/t20-,21-,22+/m0/s1. The third-order valence-electron chi connectivity index (χ3n) is 5.89. The molecule has 1 fully saturated rings. The highest BCUT2D eigenvalue weighted by molar-refractivity contribution is 5.36. The third-order valence-corrected chi connectivity index (χ3v) is 5.89. The maximum absolute atomic E-state index is 9.49. The van der Waals surface area contributed by atoms with Crippen LogP contribution in [0.4, 0.5) is 0 Å². The largest absolute Gasteiger partial charge is 0.394 e. The molecule has 2 aliphatic rings. The van der Waals surface area contributed by atoms with Crippen LogP contribution in [0.25, 0.3) is 0 Å². The predicted molar refractivity (Wildman–Crippen MR) is 104 cm³/mol. The van der Waals surface area contributed by atoms with Crippen LogP contribution < -0.4 is 5.73 Å². The van der Waals surface area contributed by atoms with Gasteiger partial charge in [0.05, 0.1) is 32.5 Å². The smallest absolute Gasteiger partial charge is 0.0704 e.